The molecule has 0 radical (unpaired) electrons. The van der Waals surface area contributed by atoms with Crippen LogP contribution in [0.2, 0.25) is 0 Å². The lowest BCUT2D eigenvalue weighted by atomic mass is 9.87. The molecule has 3 aromatic rings. The smallest absolute Gasteiger partial charge is 0.226 e. The van der Waals surface area contributed by atoms with Crippen molar-refractivity contribution in [2.24, 2.45) is 5.92 Å². The van der Waals surface area contributed by atoms with Crippen molar-refractivity contribution in [3.8, 4) is 0 Å². The fourth-order valence-electron chi connectivity index (χ4n) is 3.70. The Morgan fingerprint density at radius 1 is 0.960 bits per heavy atom. The van der Waals surface area contributed by atoms with Crippen molar-refractivity contribution in [3.63, 3.8) is 0 Å². The predicted molar refractivity (Wildman–Crippen MR) is 101 cm³/mol. The zero-order chi connectivity index (χ0) is 17.2. The van der Waals surface area contributed by atoms with Gasteiger partial charge in [0.05, 0.1) is 17.3 Å². The molecule has 0 spiro atoms. The second-order valence-electron chi connectivity index (χ2n) is 6.81. The van der Waals surface area contributed by atoms with E-state index < -0.39 is 0 Å². The molecule has 25 heavy (non-hydrogen) atoms. The molecule has 4 rings (SSSR count). The van der Waals surface area contributed by atoms with Crippen molar-refractivity contribution in [1.29, 1.82) is 0 Å². The highest BCUT2D eigenvalue weighted by molar-refractivity contribution is 5.81. The molecule has 1 N–H and O–H groups in total. The van der Waals surface area contributed by atoms with Gasteiger partial charge in [-0.15, -0.1) is 0 Å². The number of rotatable bonds is 3. The van der Waals surface area contributed by atoms with Gasteiger partial charge in [0, 0.05) is 18.5 Å². The van der Waals surface area contributed by atoms with Crippen LogP contribution in [0.3, 0.4) is 0 Å². The first-order chi connectivity index (χ1) is 12.2. The Bertz CT molecular complexity index is 857. The molecule has 1 unspecified atom stereocenters. The molecular weight excluding hydrogens is 310 g/mol. The molecular formula is C21H23N3O. The third kappa shape index (κ3) is 3.22. The Balaban J connectivity index is 1.49. The fraction of sp³-hybridized carbons (Fsp3) is 0.333. The third-order valence-electron chi connectivity index (χ3n) is 5.19. The molecule has 2 aromatic carbocycles. The number of nitrogens with zero attached hydrogens (tertiary/aromatic N) is 3. The summed E-state index contributed by atoms with van der Waals surface area (Å²) >= 11 is 0. The molecule has 0 saturated carbocycles. The van der Waals surface area contributed by atoms with Crippen LogP contribution in [-0.2, 0) is 0 Å². The molecule has 1 aliphatic heterocycles. The SMILES string of the molecule is Cc1nc(N2CCC(C(O)c3ccccc3)CC2)nc2ccccc12. The number of aryl methyl sites for hydroxylation is 1. The van der Waals surface area contributed by atoms with Crippen molar-refractivity contribution in [2.75, 3.05) is 18.0 Å². The van der Waals surface area contributed by atoms with Gasteiger partial charge in [0.15, 0.2) is 0 Å². The zero-order valence-electron chi connectivity index (χ0n) is 14.5. The second-order valence-corrected chi connectivity index (χ2v) is 6.81. The van der Waals surface area contributed by atoms with Crippen molar-refractivity contribution in [3.05, 3.63) is 65.9 Å². The van der Waals surface area contributed by atoms with E-state index in [2.05, 4.69) is 11.0 Å². The number of fused-ring (bicyclic) bond motifs is 1. The molecule has 0 bridgehead atoms. The van der Waals surface area contributed by atoms with Crippen molar-refractivity contribution in [1.82, 2.24) is 9.97 Å². The van der Waals surface area contributed by atoms with Gasteiger partial charge in [-0.2, -0.15) is 0 Å². The van der Waals surface area contributed by atoms with Crippen LogP contribution < -0.4 is 4.90 Å². The number of hydrogen-bond acceptors (Lipinski definition) is 4. The highest BCUT2D eigenvalue weighted by Gasteiger charge is 2.27. The van der Waals surface area contributed by atoms with Crippen LogP contribution in [0, 0.1) is 12.8 Å². The second kappa shape index (κ2) is 6.81. The van der Waals surface area contributed by atoms with Crippen LogP contribution in [0.15, 0.2) is 54.6 Å². The Labute approximate surface area is 148 Å². The van der Waals surface area contributed by atoms with Crippen molar-refractivity contribution < 1.29 is 5.11 Å². The first-order valence-corrected chi connectivity index (χ1v) is 8.94. The monoisotopic (exact) mass is 333 g/mol. The molecule has 4 nitrogen and oxygen atoms in total. The molecule has 1 saturated heterocycles. The molecule has 4 heteroatoms. The first kappa shape index (κ1) is 16.0. The van der Waals surface area contributed by atoms with Crippen LogP contribution in [0.1, 0.15) is 30.2 Å². The van der Waals surface area contributed by atoms with Gasteiger partial charge in [-0.05, 0) is 37.3 Å². The maximum Gasteiger partial charge on any atom is 0.226 e. The van der Waals surface area contributed by atoms with E-state index in [1.54, 1.807) is 0 Å². The lowest BCUT2D eigenvalue weighted by Gasteiger charge is -2.34. The van der Waals surface area contributed by atoms with Crippen LogP contribution in [-0.4, -0.2) is 28.2 Å². The lowest BCUT2D eigenvalue weighted by molar-refractivity contribution is 0.0928. The van der Waals surface area contributed by atoms with E-state index in [0.29, 0.717) is 5.92 Å². The van der Waals surface area contributed by atoms with Gasteiger partial charge in [0.2, 0.25) is 5.95 Å². The maximum atomic E-state index is 10.6. The molecule has 1 aliphatic rings. The van der Waals surface area contributed by atoms with Crippen LogP contribution >= 0.6 is 0 Å². The van der Waals surface area contributed by atoms with Gasteiger partial charge >= 0.3 is 0 Å². The van der Waals surface area contributed by atoms with Gasteiger partial charge < -0.3 is 10.0 Å². The van der Waals surface area contributed by atoms with E-state index in [4.69, 9.17) is 9.97 Å². The van der Waals surface area contributed by atoms with E-state index in [1.807, 2.05) is 55.5 Å². The van der Waals surface area contributed by atoms with E-state index in [0.717, 1.165) is 54.0 Å². The molecule has 2 heterocycles. The number of benzene rings is 2. The van der Waals surface area contributed by atoms with Crippen molar-refractivity contribution >= 4 is 16.9 Å². The Morgan fingerprint density at radius 2 is 1.64 bits per heavy atom. The minimum Gasteiger partial charge on any atom is -0.388 e. The van der Waals surface area contributed by atoms with Gasteiger partial charge in [-0.1, -0.05) is 48.5 Å². The average Bonchev–Trinajstić information content (AvgIpc) is 2.68. The highest BCUT2D eigenvalue weighted by Crippen LogP contribution is 2.32. The summed E-state index contributed by atoms with van der Waals surface area (Å²) in [6.07, 6.45) is 1.51. The molecule has 0 aliphatic carbocycles. The average molecular weight is 333 g/mol. The fourth-order valence-corrected chi connectivity index (χ4v) is 3.70. The summed E-state index contributed by atoms with van der Waals surface area (Å²) in [5.41, 5.74) is 3.03. The minimum atomic E-state index is -0.386. The summed E-state index contributed by atoms with van der Waals surface area (Å²) < 4.78 is 0. The largest absolute Gasteiger partial charge is 0.388 e. The Hall–Kier alpha value is -2.46. The predicted octanol–water partition coefficient (Wildman–Crippen LogP) is 3.89. The van der Waals surface area contributed by atoms with Gasteiger partial charge in [-0.3, -0.25) is 0 Å². The van der Waals surface area contributed by atoms with E-state index in [-0.39, 0.29) is 6.10 Å². The summed E-state index contributed by atoms with van der Waals surface area (Å²) in [6, 6.07) is 18.1. The highest BCUT2D eigenvalue weighted by atomic mass is 16.3. The molecule has 0 amide bonds. The number of aliphatic hydroxyl groups excluding tert-OH is 1. The number of aliphatic hydroxyl groups is 1. The topological polar surface area (TPSA) is 49.2 Å². The molecule has 1 fully saturated rings. The number of para-hydroxylation sites is 1. The quantitative estimate of drug-likeness (QED) is 0.790. The third-order valence-corrected chi connectivity index (χ3v) is 5.19. The van der Waals surface area contributed by atoms with Crippen LogP contribution in [0.5, 0.6) is 0 Å². The Kier molecular flexibility index (Phi) is 4.36. The van der Waals surface area contributed by atoms with Gasteiger partial charge in [0.25, 0.3) is 0 Å². The summed E-state index contributed by atoms with van der Waals surface area (Å²) in [4.78, 5) is 11.7. The Morgan fingerprint density at radius 3 is 2.40 bits per heavy atom. The van der Waals surface area contributed by atoms with Crippen molar-refractivity contribution in [2.45, 2.75) is 25.9 Å². The summed E-state index contributed by atoms with van der Waals surface area (Å²) in [7, 11) is 0. The summed E-state index contributed by atoms with van der Waals surface area (Å²) in [5.74, 6) is 1.10. The van der Waals surface area contributed by atoms with Crippen LogP contribution in [0.25, 0.3) is 10.9 Å². The number of hydrogen-bond donors (Lipinski definition) is 1. The maximum absolute atomic E-state index is 10.6. The van der Waals surface area contributed by atoms with E-state index >= 15 is 0 Å². The van der Waals surface area contributed by atoms with Gasteiger partial charge in [0.1, 0.15) is 0 Å². The first-order valence-electron chi connectivity index (χ1n) is 8.94. The normalized spacial score (nSPS) is 17.0. The zero-order valence-corrected chi connectivity index (χ0v) is 14.5. The van der Waals surface area contributed by atoms with E-state index in [9.17, 15) is 5.11 Å². The summed E-state index contributed by atoms with van der Waals surface area (Å²) in [6.45, 7) is 3.80. The standard InChI is InChI=1S/C21H23N3O/c1-15-18-9-5-6-10-19(18)23-21(22-15)24-13-11-17(12-14-24)20(25)16-7-3-2-4-8-16/h2-10,17,20,25H,11-14H2,1H3. The summed E-state index contributed by atoms with van der Waals surface area (Å²) in [5, 5.41) is 11.7. The number of piperidine rings is 1. The minimum absolute atomic E-state index is 0.292. The number of aromatic nitrogens is 2. The van der Waals surface area contributed by atoms with Crippen LogP contribution in [0.4, 0.5) is 5.95 Å². The molecule has 128 valence electrons. The molecule has 1 aromatic heterocycles. The van der Waals surface area contributed by atoms with E-state index in [1.165, 1.54) is 0 Å². The number of anilines is 1. The lowest BCUT2D eigenvalue weighted by Crippen LogP contribution is -2.36. The van der Waals surface area contributed by atoms with Gasteiger partial charge in [-0.25, -0.2) is 9.97 Å². The molecule has 1 atom stereocenters.